The molecule has 0 spiro atoms. The smallest absolute Gasteiger partial charge is 0.264 e. The maximum absolute atomic E-state index is 13.1. The number of carbonyl (C=O) groups is 1. The molecule has 34 heavy (non-hydrogen) atoms. The Kier molecular flexibility index (Phi) is 7.09. The first kappa shape index (κ1) is 23.3. The zero-order chi connectivity index (χ0) is 24.1. The topological polar surface area (TPSA) is 74.4 Å². The predicted octanol–water partition coefficient (Wildman–Crippen LogP) is 3.75. The number of rotatable bonds is 6. The molecule has 7 heteroatoms. The molecule has 2 aromatic heterocycles. The van der Waals surface area contributed by atoms with Crippen LogP contribution in [0.5, 0.6) is 5.75 Å². The monoisotopic (exact) mass is 455 g/mol. The van der Waals surface area contributed by atoms with Crippen LogP contribution in [0.15, 0.2) is 60.4 Å². The van der Waals surface area contributed by atoms with Gasteiger partial charge in [-0.15, -0.1) is 0 Å². The highest BCUT2D eigenvalue weighted by molar-refractivity contribution is 6.02. The minimum atomic E-state index is -0.210. The third kappa shape index (κ3) is 5.03. The number of methoxy groups -OCH3 is 1. The second-order valence-corrected chi connectivity index (χ2v) is 8.46. The van der Waals surface area contributed by atoms with Gasteiger partial charge >= 0.3 is 0 Å². The number of pyridine rings is 1. The highest BCUT2D eigenvalue weighted by atomic mass is 16.5. The van der Waals surface area contributed by atoms with Crippen LogP contribution in [0.2, 0.25) is 0 Å². The lowest BCUT2D eigenvalue weighted by molar-refractivity contribution is -0.128. The van der Waals surface area contributed by atoms with Crippen molar-refractivity contribution in [3.05, 3.63) is 82.9 Å². The van der Waals surface area contributed by atoms with Crippen LogP contribution in [0, 0.1) is 25.2 Å². The largest absolute Gasteiger partial charge is 0.497 e. The van der Waals surface area contributed by atoms with E-state index in [-0.39, 0.29) is 11.5 Å². The first-order valence-corrected chi connectivity index (χ1v) is 11.4. The molecule has 7 nitrogen and oxygen atoms in total. The van der Waals surface area contributed by atoms with Crippen molar-refractivity contribution in [2.24, 2.45) is 0 Å². The average molecular weight is 456 g/mol. The summed E-state index contributed by atoms with van der Waals surface area (Å²) in [4.78, 5) is 21.4. The molecular formula is C27H29N5O2. The SMILES string of the molecule is COc1ccc(-n2c(C)cc(/C=C(/C#N)C(=O)N3CCN(Cc4cccnc4)CC3)c2C)cc1. The number of hydrogen-bond acceptors (Lipinski definition) is 5. The van der Waals surface area contributed by atoms with E-state index < -0.39 is 0 Å². The van der Waals surface area contributed by atoms with Crippen molar-refractivity contribution >= 4 is 12.0 Å². The Morgan fingerprint density at radius 1 is 1.15 bits per heavy atom. The Morgan fingerprint density at radius 2 is 1.88 bits per heavy atom. The molecule has 174 valence electrons. The van der Waals surface area contributed by atoms with E-state index in [1.54, 1.807) is 24.3 Å². The first-order valence-electron chi connectivity index (χ1n) is 11.4. The van der Waals surface area contributed by atoms with Crippen molar-refractivity contribution in [1.82, 2.24) is 19.4 Å². The van der Waals surface area contributed by atoms with Crippen molar-refractivity contribution in [2.45, 2.75) is 20.4 Å². The summed E-state index contributed by atoms with van der Waals surface area (Å²) >= 11 is 0. The van der Waals surface area contributed by atoms with E-state index in [1.807, 2.05) is 56.4 Å². The Bertz CT molecular complexity index is 1210. The average Bonchev–Trinajstić information content (AvgIpc) is 3.15. The van der Waals surface area contributed by atoms with Crippen LogP contribution in [-0.4, -0.2) is 58.5 Å². The highest BCUT2D eigenvalue weighted by Crippen LogP contribution is 2.25. The minimum Gasteiger partial charge on any atom is -0.497 e. The fourth-order valence-electron chi connectivity index (χ4n) is 4.39. The number of piperazine rings is 1. The van der Waals surface area contributed by atoms with Crippen molar-refractivity contribution < 1.29 is 9.53 Å². The lowest BCUT2D eigenvalue weighted by Crippen LogP contribution is -2.48. The van der Waals surface area contributed by atoms with Gasteiger partial charge in [-0.05, 0) is 67.4 Å². The molecule has 0 N–H and O–H groups in total. The Morgan fingerprint density at radius 3 is 2.50 bits per heavy atom. The normalized spacial score (nSPS) is 14.6. The van der Waals surface area contributed by atoms with Gasteiger partial charge in [0, 0.05) is 62.2 Å². The van der Waals surface area contributed by atoms with Crippen LogP contribution in [0.4, 0.5) is 0 Å². The first-order chi connectivity index (χ1) is 16.5. The van der Waals surface area contributed by atoms with Gasteiger partial charge in [0.25, 0.3) is 5.91 Å². The molecule has 0 unspecified atom stereocenters. The van der Waals surface area contributed by atoms with Gasteiger partial charge in [-0.2, -0.15) is 5.26 Å². The number of nitriles is 1. The van der Waals surface area contributed by atoms with Crippen LogP contribution in [0.3, 0.4) is 0 Å². The number of amides is 1. The van der Waals surface area contributed by atoms with Gasteiger partial charge < -0.3 is 14.2 Å². The third-order valence-electron chi connectivity index (χ3n) is 6.24. The molecule has 0 saturated carbocycles. The number of aryl methyl sites for hydroxylation is 1. The van der Waals surface area contributed by atoms with E-state index >= 15 is 0 Å². The van der Waals surface area contributed by atoms with Gasteiger partial charge in [-0.1, -0.05) is 6.07 Å². The highest BCUT2D eigenvalue weighted by Gasteiger charge is 2.24. The Hall–Kier alpha value is -3.89. The lowest BCUT2D eigenvalue weighted by atomic mass is 10.1. The summed E-state index contributed by atoms with van der Waals surface area (Å²) in [5.41, 5.74) is 5.20. The molecule has 0 aliphatic carbocycles. The van der Waals surface area contributed by atoms with Gasteiger partial charge in [0.1, 0.15) is 17.4 Å². The number of carbonyl (C=O) groups excluding carboxylic acids is 1. The van der Waals surface area contributed by atoms with Gasteiger partial charge in [-0.25, -0.2) is 0 Å². The molecule has 0 atom stereocenters. The molecule has 1 aliphatic heterocycles. The van der Waals surface area contributed by atoms with E-state index in [1.165, 1.54) is 0 Å². The molecule has 1 aromatic carbocycles. The second kappa shape index (κ2) is 10.4. The molecular weight excluding hydrogens is 426 g/mol. The summed E-state index contributed by atoms with van der Waals surface area (Å²) in [5.74, 6) is 0.585. The molecule has 1 amide bonds. The lowest BCUT2D eigenvalue weighted by Gasteiger charge is -2.34. The summed E-state index contributed by atoms with van der Waals surface area (Å²) in [7, 11) is 1.64. The summed E-state index contributed by atoms with van der Waals surface area (Å²) < 4.78 is 7.37. The molecule has 4 rings (SSSR count). The summed E-state index contributed by atoms with van der Waals surface area (Å²) in [6.07, 6.45) is 5.35. The fraction of sp³-hybridized carbons (Fsp3) is 0.296. The molecule has 3 heterocycles. The molecule has 1 saturated heterocycles. The zero-order valence-corrected chi connectivity index (χ0v) is 19.9. The van der Waals surface area contributed by atoms with E-state index in [9.17, 15) is 10.1 Å². The van der Waals surface area contributed by atoms with E-state index in [0.717, 1.165) is 53.6 Å². The third-order valence-corrected chi connectivity index (χ3v) is 6.24. The van der Waals surface area contributed by atoms with Crippen LogP contribution >= 0.6 is 0 Å². The number of nitrogens with zero attached hydrogens (tertiary/aromatic N) is 5. The number of ether oxygens (including phenoxy) is 1. The molecule has 1 fully saturated rings. The van der Waals surface area contributed by atoms with Crippen LogP contribution in [0.1, 0.15) is 22.5 Å². The fourth-order valence-corrected chi connectivity index (χ4v) is 4.39. The maximum Gasteiger partial charge on any atom is 0.264 e. The minimum absolute atomic E-state index is 0.163. The molecule has 0 bridgehead atoms. The van der Waals surface area contributed by atoms with Gasteiger partial charge in [0.2, 0.25) is 0 Å². The predicted molar refractivity (Wildman–Crippen MR) is 131 cm³/mol. The van der Waals surface area contributed by atoms with Crippen LogP contribution in [0.25, 0.3) is 11.8 Å². The van der Waals surface area contributed by atoms with E-state index in [0.29, 0.717) is 13.1 Å². The van der Waals surface area contributed by atoms with Crippen molar-refractivity contribution in [3.8, 4) is 17.5 Å². The van der Waals surface area contributed by atoms with Crippen molar-refractivity contribution in [3.63, 3.8) is 0 Å². The summed E-state index contributed by atoms with van der Waals surface area (Å²) in [6, 6.07) is 16.0. The maximum atomic E-state index is 13.1. The van der Waals surface area contributed by atoms with Gasteiger partial charge in [0.15, 0.2) is 0 Å². The second-order valence-electron chi connectivity index (χ2n) is 8.46. The van der Waals surface area contributed by atoms with Crippen molar-refractivity contribution in [2.75, 3.05) is 33.3 Å². The summed E-state index contributed by atoms with van der Waals surface area (Å²) in [6.45, 7) is 7.57. The molecule has 3 aromatic rings. The summed E-state index contributed by atoms with van der Waals surface area (Å²) in [5, 5.41) is 9.77. The quantitative estimate of drug-likeness (QED) is 0.418. The Balaban J connectivity index is 1.47. The number of aromatic nitrogens is 2. The van der Waals surface area contributed by atoms with Gasteiger partial charge in [-0.3, -0.25) is 14.7 Å². The molecule has 0 radical (unpaired) electrons. The van der Waals surface area contributed by atoms with Crippen molar-refractivity contribution in [1.29, 1.82) is 5.26 Å². The van der Waals surface area contributed by atoms with Crippen LogP contribution < -0.4 is 4.74 Å². The zero-order valence-electron chi connectivity index (χ0n) is 19.9. The number of benzene rings is 1. The number of hydrogen-bond donors (Lipinski definition) is 0. The Labute approximate surface area is 200 Å². The van der Waals surface area contributed by atoms with Crippen LogP contribution in [-0.2, 0) is 11.3 Å². The van der Waals surface area contributed by atoms with E-state index in [2.05, 4.69) is 26.6 Å². The molecule has 1 aliphatic rings. The standard InChI is InChI=1S/C27H29N5O2/c1-20-15-23(21(2)32(20)25-6-8-26(34-3)9-7-25)16-24(17-28)27(33)31-13-11-30(12-14-31)19-22-5-4-10-29-18-22/h4-10,15-16,18H,11-14,19H2,1-3H3/b24-16-. The van der Waals surface area contributed by atoms with E-state index in [4.69, 9.17) is 4.74 Å². The van der Waals surface area contributed by atoms with Gasteiger partial charge in [0.05, 0.1) is 7.11 Å².